The van der Waals surface area contributed by atoms with Crippen LogP contribution in [0.5, 0.6) is 5.75 Å². The lowest BCUT2D eigenvalue weighted by Gasteiger charge is -2.23. The van der Waals surface area contributed by atoms with E-state index in [1.54, 1.807) is 24.3 Å². The summed E-state index contributed by atoms with van der Waals surface area (Å²) in [6.45, 7) is 1.78. The number of rotatable bonds is 9. The summed E-state index contributed by atoms with van der Waals surface area (Å²) >= 11 is 0. The monoisotopic (exact) mass is 525 g/mol. The van der Waals surface area contributed by atoms with Gasteiger partial charge in [0.05, 0.1) is 17.1 Å². The molecule has 3 aromatic carbocycles. The summed E-state index contributed by atoms with van der Waals surface area (Å²) < 4.78 is 85.0. The number of carbonyl (C=O) groups is 1. The highest BCUT2D eigenvalue weighted by Gasteiger charge is 2.31. The fourth-order valence-electron chi connectivity index (χ4n) is 3.18. The number of carbonyl (C=O) groups excluding carboxylic acids is 1. The summed E-state index contributed by atoms with van der Waals surface area (Å²) in [4.78, 5) is 13.6. The van der Waals surface area contributed by atoms with Gasteiger partial charge in [-0.25, -0.2) is 22.3 Å². The van der Waals surface area contributed by atoms with Gasteiger partial charge in [0.15, 0.2) is 0 Å². The van der Waals surface area contributed by atoms with Crippen LogP contribution in [0, 0.1) is 5.82 Å². The number of amides is 2. The van der Waals surface area contributed by atoms with Gasteiger partial charge in [-0.05, 0) is 73.7 Å². The number of sulfonamides is 1. The summed E-state index contributed by atoms with van der Waals surface area (Å²) in [7, 11) is -4.30. The van der Waals surface area contributed by atoms with Crippen molar-refractivity contribution in [3.8, 4) is 5.75 Å². The highest BCUT2D eigenvalue weighted by Crippen LogP contribution is 2.30. The fourth-order valence-corrected chi connectivity index (χ4v) is 4.24. The molecule has 0 unspecified atom stereocenters. The molecule has 0 atom stereocenters. The molecule has 2 amide bonds. The van der Waals surface area contributed by atoms with Gasteiger partial charge < -0.3 is 10.1 Å². The first-order chi connectivity index (χ1) is 17.0. The van der Waals surface area contributed by atoms with Crippen molar-refractivity contribution in [2.45, 2.75) is 18.0 Å². The van der Waals surface area contributed by atoms with Gasteiger partial charge in [0, 0.05) is 24.5 Å². The minimum atomic E-state index is -4.70. The third kappa shape index (κ3) is 7.18. The molecule has 0 bridgehead atoms. The molecule has 0 radical (unpaired) electrons. The Morgan fingerprint density at radius 1 is 1.00 bits per heavy atom. The topological polar surface area (TPSA) is 87.7 Å². The molecule has 0 aromatic heterocycles. The van der Waals surface area contributed by atoms with Gasteiger partial charge in [-0.1, -0.05) is 6.07 Å². The number of benzene rings is 3. The number of ether oxygens (including phenoxy) is 1. The summed E-state index contributed by atoms with van der Waals surface area (Å²) in [5.74, 6) is 0.0748. The Balaban J connectivity index is 1.74. The SMILES string of the molecule is CCOc1ccc(NC(=O)N(CCNS(=O)(=O)c2cccc(C(F)(F)F)c2)c2ccc(F)cc2)cc1. The summed E-state index contributed by atoms with van der Waals surface area (Å²) in [6.07, 6.45) is -4.70. The second-order valence-electron chi connectivity index (χ2n) is 7.44. The van der Waals surface area contributed by atoms with Crippen molar-refractivity contribution in [1.29, 1.82) is 0 Å². The van der Waals surface area contributed by atoms with Crippen LogP contribution in [0.2, 0.25) is 0 Å². The molecular weight excluding hydrogens is 502 g/mol. The molecule has 192 valence electrons. The Morgan fingerprint density at radius 2 is 1.67 bits per heavy atom. The van der Waals surface area contributed by atoms with Crippen LogP contribution in [0.3, 0.4) is 0 Å². The van der Waals surface area contributed by atoms with E-state index in [4.69, 9.17) is 4.74 Å². The molecule has 36 heavy (non-hydrogen) atoms. The number of hydrogen-bond acceptors (Lipinski definition) is 4. The molecule has 0 aliphatic carbocycles. The van der Waals surface area contributed by atoms with Crippen molar-refractivity contribution < 1.29 is 35.5 Å². The second-order valence-corrected chi connectivity index (χ2v) is 9.21. The largest absolute Gasteiger partial charge is 0.494 e. The van der Waals surface area contributed by atoms with Crippen molar-refractivity contribution in [3.63, 3.8) is 0 Å². The van der Waals surface area contributed by atoms with Crippen LogP contribution in [-0.4, -0.2) is 34.1 Å². The standard InChI is InChI=1S/C24H23F4N3O4S/c1-2-35-21-12-8-19(9-13-21)30-23(32)31(20-10-6-18(25)7-11-20)15-14-29-36(33,34)22-5-3-4-17(16-22)24(26,27)28/h3-13,16,29H,2,14-15H2,1H3,(H,30,32). The third-order valence-corrected chi connectivity index (χ3v) is 6.36. The molecule has 0 spiro atoms. The molecular formula is C24H23F4N3O4S. The van der Waals surface area contributed by atoms with Crippen LogP contribution in [0.1, 0.15) is 12.5 Å². The number of nitrogens with zero attached hydrogens (tertiary/aromatic N) is 1. The van der Waals surface area contributed by atoms with Crippen molar-refractivity contribution in [3.05, 3.63) is 84.2 Å². The molecule has 0 saturated carbocycles. The third-order valence-electron chi connectivity index (χ3n) is 4.90. The first-order valence-electron chi connectivity index (χ1n) is 10.7. The van der Waals surface area contributed by atoms with E-state index < -0.39 is 38.5 Å². The highest BCUT2D eigenvalue weighted by molar-refractivity contribution is 7.89. The average molecular weight is 526 g/mol. The number of hydrogen-bond donors (Lipinski definition) is 2. The quantitative estimate of drug-likeness (QED) is 0.373. The van der Waals surface area contributed by atoms with Crippen molar-refractivity contribution in [2.75, 3.05) is 29.9 Å². The van der Waals surface area contributed by atoms with Crippen LogP contribution >= 0.6 is 0 Å². The van der Waals surface area contributed by atoms with Gasteiger partial charge in [-0.3, -0.25) is 4.90 Å². The van der Waals surface area contributed by atoms with E-state index in [0.29, 0.717) is 24.1 Å². The van der Waals surface area contributed by atoms with E-state index in [1.807, 2.05) is 6.92 Å². The van der Waals surface area contributed by atoms with Gasteiger partial charge in [0.1, 0.15) is 11.6 Å². The summed E-state index contributed by atoms with van der Waals surface area (Å²) in [5.41, 5.74) is -0.397. The van der Waals surface area contributed by atoms with Crippen LogP contribution in [0.4, 0.5) is 33.7 Å². The molecule has 12 heteroatoms. The number of urea groups is 1. The Kier molecular flexibility index (Phi) is 8.53. The van der Waals surface area contributed by atoms with Crippen LogP contribution in [0.25, 0.3) is 0 Å². The zero-order valence-corrected chi connectivity index (χ0v) is 19.9. The van der Waals surface area contributed by atoms with Gasteiger partial charge in [0.2, 0.25) is 10.0 Å². The van der Waals surface area contributed by atoms with Crippen molar-refractivity contribution in [1.82, 2.24) is 4.72 Å². The Bertz CT molecular complexity index is 1280. The summed E-state index contributed by atoms with van der Waals surface area (Å²) in [5, 5.41) is 2.66. The van der Waals surface area contributed by atoms with Crippen LogP contribution in [-0.2, 0) is 16.2 Å². The Labute approximate surface area is 205 Å². The molecule has 3 rings (SSSR count). The van der Waals surface area contributed by atoms with Crippen molar-refractivity contribution >= 4 is 27.4 Å². The van der Waals surface area contributed by atoms with E-state index in [2.05, 4.69) is 10.0 Å². The maximum atomic E-state index is 13.4. The molecule has 0 aliphatic heterocycles. The van der Waals surface area contributed by atoms with Crippen LogP contribution in [0.15, 0.2) is 77.7 Å². The molecule has 7 nitrogen and oxygen atoms in total. The van der Waals surface area contributed by atoms with Crippen molar-refractivity contribution in [2.24, 2.45) is 0 Å². The maximum absolute atomic E-state index is 13.4. The lowest BCUT2D eigenvalue weighted by molar-refractivity contribution is -0.137. The Hall–Kier alpha value is -3.64. The minimum Gasteiger partial charge on any atom is -0.494 e. The minimum absolute atomic E-state index is 0.202. The first kappa shape index (κ1) is 27.0. The van der Waals surface area contributed by atoms with Gasteiger partial charge in [-0.15, -0.1) is 0 Å². The second kappa shape index (κ2) is 11.4. The maximum Gasteiger partial charge on any atom is 0.416 e. The molecule has 0 aliphatic rings. The zero-order valence-electron chi connectivity index (χ0n) is 19.0. The molecule has 0 fully saturated rings. The number of anilines is 2. The lowest BCUT2D eigenvalue weighted by atomic mass is 10.2. The number of nitrogens with one attached hydrogen (secondary N) is 2. The van der Waals surface area contributed by atoms with E-state index in [-0.39, 0.29) is 18.8 Å². The first-order valence-corrected chi connectivity index (χ1v) is 12.2. The molecule has 0 heterocycles. The molecule has 3 aromatic rings. The smallest absolute Gasteiger partial charge is 0.416 e. The number of halogens is 4. The van der Waals surface area contributed by atoms with E-state index in [9.17, 15) is 30.8 Å². The lowest BCUT2D eigenvalue weighted by Crippen LogP contribution is -2.41. The normalized spacial score (nSPS) is 11.7. The highest BCUT2D eigenvalue weighted by atomic mass is 32.2. The zero-order chi connectivity index (χ0) is 26.3. The fraction of sp³-hybridized carbons (Fsp3) is 0.208. The number of alkyl halides is 3. The Morgan fingerprint density at radius 3 is 2.28 bits per heavy atom. The van der Waals surface area contributed by atoms with Gasteiger partial charge in [0.25, 0.3) is 0 Å². The molecule has 2 N–H and O–H groups in total. The predicted molar refractivity (Wildman–Crippen MR) is 127 cm³/mol. The summed E-state index contributed by atoms with van der Waals surface area (Å²) in [6, 6.07) is 14.2. The van der Waals surface area contributed by atoms with E-state index >= 15 is 0 Å². The molecule has 0 saturated heterocycles. The average Bonchev–Trinajstić information content (AvgIpc) is 2.83. The van der Waals surface area contributed by atoms with Gasteiger partial charge in [-0.2, -0.15) is 13.2 Å². The van der Waals surface area contributed by atoms with E-state index in [0.717, 1.165) is 30.3 Å². The predicted octanol–water partition coefficient (Wildman–Crippen LogP) is 5.26. The van der Waals surface area contributed by atoms with Crippen LogP contribution < -0.4 is 19.7 Å². The van der Waals surface area contributed by atoms with E-state index in [1.165, 1.54) is 17.0 Å². The van der Waals surface area contributed by atoms with Gasteiger partial charge >= 0.3 is 12.2 Å².